The van der Waals surface area contributed by atoms with Gasteiger partial charge >= 0.3 is 0 Å². The van der Waals surface area contributed by atoms with Crippen molar-refractivity contribution in [3.63, 3.8) is 0 Å². The molecule has 74 valence electrons. The topological polar surface area (TPSA) is 15.3 Å². The molecule has 2 aliphatic rings. The molecule has 2 heteroatoms. The van der Waals surface area contributed by atoms with Crippen molar-refractivity contribution in [1.29, 1.82) is 0 Å². The van der Waals surface area contributed by atoms with Crippen molar-refractivity contribution in [3.8, 4) is 0 Å². The van der Waals surface area contributed by atoms with Gasteiger partial charge in [0.25, 0.3) is 0 Å². The number of rotatable bonds is 2. The Kier molecular flexibility index (Phi) is 2.89. The fourth-order valence-corrected chi connectivity index (χ4v) is 2.22. The molecular weight excluding hydrogens is 160 g/mol. The molecular formula is C11H20N2. The van der Waals surface area contributed by atoms with Crippen LogP contribution in [0.3, 0.4) is 0 Å². The minimum atomic E-state index is 0.635. The lowest BCUT2D eigenvalue weighted by molar-refractivity contribution is 0.463. The smallest absolute Gasteiger partial charge is 0.0270 e. The van der Waals surface area contributed by atoms with Crippen LogP contribution >= 0.6 is 0 Å². The molecule has 0 radical (unpaired) electrons. The Morgan fingerprint density at radius 1 is 1.31 bits per heavy atom. The van der Waals surface area contributed by atoms with Gasteiger partial charge in [0.15, 0.2) is 0 Å². The summed E-state index contributed by atoms with van der Waals surface area (Å²) in [5.41, 5.74) is 0. The van der Waals surface area contributed by atoms with Gasteiger partial charge in [-0.2, -0.15) is 0 Å². The number of likely N-dealkylation sites (tertiary alicyclic amines) is 1. The van der Waals surface area contributed by atoms with Crippen molar-refractivity contribution in [3.05, 3.63) is 12.3 Å². The zero-order chi connectivity index (χ0) is 9.10. The van der Waals surface area contributed by atoms with Crippen LogP contribution in [0.5, 0.6) is 0 Å². The molecule has 0 spiro atoms. The molecule has 0 aliphatic carbocycles. The first-order valence-corrected chi connectivity index (χ1v) is 5.50. The molecule has 2 aliphatic heterocycles. The quantitative estimate of drug-likeness (QED) is 0.694. The van der Waals surface area contributed by atoms with E-state index in [0.29, 0.717) is 6.04 Å². The van der Waals surface area contributed by atoms with E-state index in [4.69, 9.17) is 0 Å². The highest BCUT2D eigenvalue weighted by atomic mass is 15.1. The Morgan fingerprint density at radius 2 is 2.08 bits per heavy atom. The summed E-state index contributed by atoms with van der Waals surface area (Å²) in [6.07, 6.45) is 8.69. The van der Waals surface area contributed by atoms with Crippen LogP contribution in [-0.4, -0.2) is 30.6 Å². The fourth-order valence-electron chi connectivity index (χ4n) is 2.22. The first-order chi connectivity index (χ1) is 6.34. The summed E-state index contributed by atoms with van der Waals surface area (Å²) in [7, 11) is 0. The van der Waals surface area contributed by atoms with Crippen molar-refractivity contribution < 1.29 is 0 Å². The third kappa shape index (κ3) is 2.47. The molecule has 0 bridgehead atoms. The summed E-state index contributed by atoms with van der Waals surface area (Å²) in [6, 6.07) is 0.635. The zero-order valence-electron chi connectivity index (χ0n) is 8.50. The molecule has 13 heavy (non-hydrogen) atoms. The average Bonchev–Trinajstić information content (AvgIpc) is 2.71. The maximum atomic E-state index is 3.52. The largest absolute Gasteiger partial charge is 0.378 e. The highest BCUT2D eigenvalue weighted by Crippen LogP contribution is 2.14. The lowest BCUT2D eigenvalue weighted by Crippen LogP contribution is -2.20. The molecule has 0 amide bonds. The Labute approximate surface area is 81.0 Å². The van der Waals surface area contributed by atoms with Crippen LogP contribution < -0.4 is 5.32 Å². The second-order valence-corrected chi connectivity index (χ2v) is 4.44. The van der Waals surface area contributed by atoms with Gasteiger partial charge in [0.1, 0.15) is 0 Å². The van der Waals surface area contributed by atoms with Gasteiger partial charge in [-0.1, -0.05) is 13.0 Å². The van der Waals surface area contributed by atoms with Gasteiger partial charge < -0.3 is 10.2 Å². The van der Waals surface area contributed by atoms with E-state index in [-0.39, 0.29) is 0 Å². The molecule has 0 aromatic heterocycles. The van der Waals surface area contributed by atoms with E-state index in [9.17, 15) is 0 Å². The van der Waals surface area contributed by atoms with E-state index in [0.717, 1.165) is 5.92 Å². The van der Waals surface area contributed by atoms with Crippen molar-refractivity contribution in [2.75, 3.05) is 19.6 Å². The summed E-state index contributed by atoms with van der Waals surface area (Å²) < 4.78 is 0. The SMILES string of the molecule is CC1CNC(C=CN2CCCC2)C1. The van der Waals surface area contributed by atoms with E-state index < -0.39 is 0 Å². The maximum absolute atomic E-state index is 3.52. The number of hydrogen-bond donors (Lipinski definition) is 1. The van der Waals surface area contributed by atoms with Crippen LogP contribution in [0.4, 0.5) is 0 Å². The Bertz CT molecular complexity index is 183. The highest BCUT2D eigenvalue weighted by Gasteiger charge is 2.18. The third-order valence-corrected chi connectivity index (χ3v) is 3.05. The third-order valence-electron chi connectivity index (χ3n) is 3.05. The molecule has 0 aromatic rings. The van der Waals surface area contributed by atoms with Crippen LogP contribution in [0, 0.1) is 5.92 Å². The van der Waals surface area contributed by atoms with Gasteiger partial charge in [-0.25, -0.2) is 0 Å². The van der Waals surface area contributed by atoms with E-state index in [1.165, 1.54) is 38.9 Å². The van der Waals surface area contributed by atoms with Gasteiger partial charge in [-0.15, -0.1) is 0 Å². The first-order valence-electron chi connectivity index (χ1n) is 5.50. The Hall–Kier alpha value is -0.500. The molecule has 0 aromatic carbocycles. The summed E-state index contributed by atoms with van der Waals surface area (Å²) in [6.45, 7) is 6.03. The molecule has 2 rings (SSSR count). The highest BCUT2D eigenvalue weighted by molar-refractivity contribution is 4.98. The molecule has 2 atom stereocenters. The van der Waals surface area contributed by atoms with Gasteiger partial charge in [0.2, 0.25) is 0 Å². The molecule has 2 heterocycles. The lowest BCUT2D eigenvalue weighted by Gasteiger charge is -2.12. The van der Waals surface area contributed by atoms with Crippen LogP contribution in [0.15, 0.2) is 12.3 Å². The second kappa shape index (κ2) is 4.14. The van der Waals surface area contributed by atoms with Crippen molar-refractivity contribution in [2.45, 2.75) is 32.2 Å². The summed E-state index contributed by atoms with van der Waals surface area (Å²) in [4.78, 5) is 2.44. The van der Waals surface area contributed by atoms with Crippen molar-refractivity contribution in [2.24, 2.45) is 5.92 Å². The van der Waals surface area contributed by atoms with Crippen molar-refractivity contribution >= 4 is 0 Å². The summed E-state index contributed by atoms with van der Waals surface area (Å²) in [5, 5.41) is 3.52. The van der Waals surface area contributed by atoms with Crippen LogP contribution in [0.1, 0.15) is 26.2 Å². The average molecular weight is 180 g/mol. The molecule has 2 nitrogen and oxygen atoms in total. The van der Waals surface area contributed by atoms with Crippen molar-refractivity contribution in [1.82, 2.24) is 10.2 Å². The van der Waals surface area contributed by atoms with Crippen LogP contribution in [0.25, 0.3) is 0 Å². The standard InChI is InChI=1S/C11H20N2/c1-10-8-11(12-9-10)4-7-13-5-2-3-6-13/h4,7,10-12H,2-3,5-6,8-9H2,1H3. The monoisotopic (exact) mass is 180 g/mol. The molecule has 2 fully saturated rings. The lowest BCUT2D eigenvalue weighted by atomic mass is 10.1. The zero-order valence-corrected chi connectivity index (χ0v) is 8.50. The number of nitrogens with zero attached hydrogens (tertiary/aromatic N) is 1. The van der Waals surface area contributed by atoms with Gasteiger partial charge in [-0.05, 0) is 37.9 Å². The fraction of sp³-hybridized carbons (Fsp3) is 0.818. The Balaban J connectivity index is 1.76. The minimum absolute atomic E-state index is 0.635. The summed E-state index contributed by atoms with van der Waals surface area (Å²) in [5.74, 6) is 0.855. The Morgan fingerprint density at radius 3 is 2.69 bits per heavy atom. The molecule has 2 saturated heterocycles. The van der Waals surface area contributed by atoms with E-state index in [2.05, 4.69) is 29.4 Å². The van der Waals surface area contributed by atoms with E-state index in [1.807, 2.05) is 0 Å². The molecule has 1 N–H and O–H groups in total. The summed E-state index contributed by atoms with van der Waals surface area (Å²) >= 11 is 0. The van der Waals surface area contributed by atoms with Gasteiger partial charge in [0, 0.05) is 19.1 Å². The number of hydrogen-bond acceptors (Lipinski definition) is 2. The number of nitrogens with one attached hydrogen (secondary N) is 1. The van der Waals surface area contributed by atoms with Crippen LogP contribution in [-0.2, 0) is 0 Å². The predicted octanol–water partition coefficient (Wildman–Crippen LogP) is 1.59. The normalized spacial score (nSPS) is 35.0. The maximum Gasteiger partial charge on any atom is 0.0270 e. The van der Waals surface area contributed by atoms with Gasteiger partial charge in [-0.3, -0.25) is 0 Å². The second-order valence-electron chi connectivity index (χ2n) is 4.44. The molecule has 0 saturated carbocycles. The first kappa shape index (κ1) is 9.07. The van der Waals surface area contributed by atoms with E-state index >= 15 is 0 Å². The van der Waals surface area contributed by atoms with Gasteiger partial charge in [0.05, 0.1) is 0 Å². The predicted molar refractivity (Wildman–Crippen MR) is 55.5 cm³/mol. The van der Waals surface area contributed by atoms with E-state index in [1.54, 1.807) is 0 Å². The van der Waals surface area contributed by atoms with Crippen LogP contribution in [0.2, 0.25) is 0 Å². The minimum Gasteiger partial charge on any atom is -0.378 e. The molecule has 2 unspecified atom stereocenters.